The van der Waals surface area contributed by atoms with Gasteiger partial charge in [-0.2, -0.15) is 0 Å². The Bertz CT molecular complexity index is 1120. The molecule has 14 heteroatoms. The Kier molecular flexibility index (Phi) is 7.68. The third-order valence-corrected chi connectivity index (χ3v) is 5.26. The molecule has 1 atom stereocenters. The molecule has 3 rings (SSSR count). The van der Waals surface area contributed by atoms with Gasteiger partial charge < -0.3 is 10.1 Å². The van der Waals surface area contributed by atoms with E-state index in [1.807, 2.05) is 0 Å². The van der Waals surface area contributed by atoms with Crippen molar-refractivity contribution in [2.24, 2.45) is 0 Å². The van der Waals surface area contributed by atoms with Crippen molar-refractivity contribution >= 4 is 23.0 Å². The maximum absolute atomic E-state index is 14.3. The Balaban J connectivity index is 1.47. The summed E-state index contributed by atoms with van der Waals surface area (Å²) < 4.78 is 56.2. The van der Waals surface area contributed by atoms with Crippen LogP contribution in [0.25, 0.3) is 0 Å². The highest BCUT2D eigenvalue weighted by molar-refractivity contribution is 7.13. The summed E-state index contributed by atoms with van der Waals surface area (Å²) >= 11 is 1.11. The van der Waals surface area contributed by atoms with Gasteiger partial charge in [0, 0.05) is 19.9 Å². The van der Waals surface area contributed by atoms with Gasteiger partial charge in [-0.05, 0) is 24.1 Å². The van der Waals surface area contributed by atoms with Crippen molar-refractivity contribution in [2.45, 2.75) is 45.4 Å². The minimum atomic E-state index is -4.82. The molecule has 33 heavy (non-hydrogen) atoms. The average molecular weight is 486 g/mol. The molecule has 0 saturated heterocycles. The van der Waals surface area contributed by atoms with Crippen LogP contribution in [0.2, 0.25) is 0 Å². The van der Waals surface area contributed by atoms with E-state index in [1.54, 1.807) is 0 Å². The number of halogens is 4. The Morgan fingerprint density at radius 2 is 2.03 bits per heavy atom. The smallest absolute Gasteiger partial charge is 0.406 e. The molecule has 3 aromatic rings. The van der Waals surface area contributed by atoms with Crippen molar-refractivity contribution < 1.29 is 31.9 Å². The van der Waals surface area contributed by atoms with Crippen LogP contribution in [0, 0.1) is 0 Å². The summed E-state index contributed by atoms with van der Waals surface area (Å²) in [7, 11) is 0. The number of carbonyl (C=O) groups is 2. The molecule has 2 aromatic heterocycles. The number of amides is 1. The maximum atomic E-state index is 14.3. The standard InChI is InChI=1S/C19H18F4N6O3S/c1-11(30)18-27-26-16(33-18)6-5-13(20)9-29-10-15(25-28-29)17(31)24-8-12-3-2-4-14(7-12)32-19(21,22)23/h2-4,7,10,13H,5-6,8-9H2,1H3,(H,24,31). The van der Waals surface area contributed by atoms with Crippen molar-refractivity contribution in [3.8, 4) is 5.75 Å². The molecule has 0 radical (unpaired) electrons. The molecule has 0 aliphatic rings. The van der Waals surface area contributed by atoms with Crippen molar-refractivity contribution in [3.05, 3.63) is 51.7 Å². The molecular weight excluding hydrogens is 468 g/mol. The van der Waals surface area contributed by atoms with Crippen molar-refractivity contribution in [2.75, 3.05) is 0 Å². The van der Waals surface area contributed by atoms with Crippen molar-refractivity contribution in [3.63, 3.8) is 0 Å². The molecule has 2 heterocycles. The number of alkyl halides is 4. The maximum Gasteiger partial charge on any atom is 0.573 e. The molecule has 0 spiro atoms. The van der Waals surface area contributed by atoms with Crippen LogP contribution in [0.15, 0.2) is 30.5 Å². The second-order valence-corrected chi connectivity index (χ2v) is 7.96. The van der Waals surface area contributed by atoms with E-state index in [9.17, 15) is 27.2 Å². The second-order valence-electron chi connectivity index (χ2n) is 6.90. The van der Waals surface area contributed by atoms with Crippen LogP contribution in [-0.2, 0) is 19.5 Å². The summed E-state index contributed by atoms with van der Waals surface area (Å²) in [6, 6.07) is 5.18. The Labute approximate surface area is 188 Å². The highest BCUT2D eigenvalue weighted by Gasteiger charge is 2.31. The molecule has 0 fully saturated rings. The third-order valence-electron chi connectivity index (χ3n) is 4.18. The molecule has 176 valence electrons. The fourth-order valence-electron chi connectivity index (χ4n) is 2.69. The number of nitrogens with one attached hydrogen (secondary N) is 1. The van der Waals surface area contributed by atoms with Crippen LogP contribution < -0.4 is 10.1 Å². The van der Waals surface area contributed by atoms with Crippen molar-refractivity contribution in [1.82, 2.24) is 30.5 Å². The minimum absolute atomic E-state index is 0.0693. The fraction of sp³-hybridized carbons (Fsp3) is 0.368. The fourth-order valence-corrected chi connectivity index (χ4v) is 3.44. The molecule has 1 aromatic carbocycles. The van der Waals surface area contributed by atoms with Gasteiger partial charge in [-0.25, -0.2) is 9.07 Å². The molecule has 9 nitrogen and oxygen atoms in total. The number of benzene rings is 1. The van der Waals surface area contributed by atoms with Gasteiger partial charge >= 0.3 is 6.36 Å². The number of ether oxygens (including phenoxy) is 1. The molecule has 0 aliphatic heterocycles. The van der Waals surface area contributed by atoms with Gasteiger partial charge in [-0.3, -0.25) is 9.59 Å². The van der Waals surface area contributed by atoms with Gasteiger partial charge in [0.1, 0.15) is 16.9 Å². The lowest BCUT2D eigenvalue weighted by Gasteiger charge is -2.10. The van der Waals surface area contributed by atoms with E-state index in [2.05, 4.69) is 30.6 Å². The lowest BCUT2D eigenvalue weighted by molar-refractivity contribution is -0.274. The summed E-state index contributed by atoms with van der Waals surface area (Å²) in [4.78, 5) is 23.4. The summed E-state index contributed by atoms with van der Waals surface area (Å²) in [5.74, 6) is -1.23. The zero-order valence-electron chi connectivity index (χ0n) is 17.2. The number of rotatable bonds is 10. The number of nitrogens with zero attached hydrogens (tertiary/aromatic N) is 5. The zero-order chi connectivity index (χ0) is 24.0. The zero-order valence-corrected chi connectivity index (χ0v) is 18.0. The third kappa shape index (κ3) is 7.59. The number of Topliss-reactive ketones (excluding diaryl/α,β-unsaturated/α-hetero) is 1. The first-order valence-corrected chi connectivity index (χ1v) is 10.4. The van der Waals surface area contributed by atoms with Crippen LogP contribution in [0.1, 0.15) is 44.2 Å². The van der Waals surface area contributed by atoms with E-state index in [-0.39, 0.29) is 36.0 Å². The molecule has 0 saturated carbocycles. The molecule has 0 aliphatic carbocycles. The Morgan fingerprint density at radius 3 is 2.73 bits per heavy atom. The van der Waals surface area contributed by atoms with Crippen LogP contribution in [-0.4, -0.2) is 49.4 Å². The number of carbonyl (C=O) groups excluding carboxylic acids is 2. The first-order valence-electron chi connectivity index (χ1n) is 9.59. The highest BCUT2D eigenvalue weighted by Crippen LogP contribution is 2.23. The lowest BCUT2D eigenvalue weighted by atomic mass is 10.2. The Hall–Kier alpha value is -3.42. The average Bonchev–Trinajstić information content (AvgIpc) is 3.39. The SMILES string of the molecule is CC(=O)c1nnc(CCC(F)Cn2cc(C(=O)NCc3cccc(OC(F)(F)F)c3)nn2)s1. The Morgan fingerprint density at radius 1 is 1.24 bits per heavy atom. The van der Waals surface area contributed by atoms with Gasteiger partial charge in [0.25, 0.3) is 5.91 Å². The van der Waals surface area contributed by atoms with Crippen molar-refractivity contribution in [1.29, 1.82) is 0 Å². The number of aryl methyl sites for hydroxylation is 1. The van der Waals surface area contributed by atoms with E-state index in [4.69, 9.17) is 0 Å². The summed E-state index contributed by atoms with van der Waals surface area (Å²) in [5.41, 5.74) is 0.311. The van der Waals surface area contributed by atoms with Gasteiger partial charge in [0.05, 0.1) is 12.7 Å². The lowest BCUT2D eigenvalue weighted by Crippen LogP contribution is -2.23. The van der Waals surface area contributed by atoms with Crippen LogP contribution in [0.3, 0.4) is 0 Å². The normalized spacial score (nSPS) is 12.4. The van der Waals surface area contributed by atoms with Gasteiger partial charge in [-0.15, -0.1) is 28.5 Å². The van der Waals surface area contributed by atoms with Crippen LogP contribution >= 0.6 is 11.3 Å². The summed E-state index contributed by atoms with van der Waals surface area (Å²) in [5, 5.41) is 18.3. The largest absolute Gasteiger partial charge is 0.573 e. The summed E-state index contributed by atoms with van der Waals surface area (Å²) in [6.07, 6.45) is -4.44. The van der Waals surface area contributed by atoms with Crippen LogP contribution in [0.5, 0.6) is 5.75 Å². The number of hydrogen-bond acceptors (Lipinski definition) is 8. The molecule has 1 unspecified atom stereocenters. The van der Waals surface area contributed by atoms with Gasteiger partial charge in [0.15, 0.2) is 16.5 Å². The highest BCUT2D eigenvalue weighted by atomic mass is 32.1. The van der Waals surface area contributed by atoms with E-state index < -0.39 is 24.2 Å². The molecular formula is C19H18F4N6O3S. The number of ketones is 1. The molecule has 1 N–H and O–H groups in total. The topological polar surface area (TPSA) is 112 Å². The molecule has 1 amide bonds. The first kappa shape index (κ1) is 24.2. The predicted octanol–water partition coefficient (Wildman–Crippen LogP) is 3.13. The predicted molar refractivity (Wildman–Crippen MR) is 107 cm³/mol. The van der Waals surface area contributed by atoms with Gasteiger partial charge in [0.2, 0.25) is 0 Å². The summed E-state index contributed by atoms with van der Waals surface area (Å²) in [6.45, 7) is 1.16. The van der Waals surface area contributed by atoms with E-state index in [0.29, 0.717) is 17.0 Å². The van der Waals surface area contributed by atoms with Gasteiger partial charge in [-0.1, -0.05) is 28.7 Å². The second kappa shape index (κ2) is 10.5. The van der Waals surface area contributed by atoms with Crippen LogP contribution in [0.4, 0.5) is 17.6 Å². The quantitative estimate of drug-likeness (QED) is 0.346. The first-order chi connectivity index (χ1) is 15.6. The van der Waals surface area contributed by atoms with E-state index >= 15 is 0 Å². The van der Waals surface area contributed by atoms with E-state index in [1.165, 1.54) is 29.9 Å². The number of hydrogen-bond donors (Lipinski definition) is 1. The minimum Gasteiger partial charge on any atom is -0.406 e. The monoisotopic (exact) mass is 486 g/mol. The molecule has 0 bridgehead atoms. The van der Waals surface area contributed by atoms with E-state index in [0.717, 1.165) is 23.5 Å². The number of aromatic nitrogens is 5.